The summed E-state index contributed by atoms with van der Waals surface area (Å²) < 4.78 is 0. The van der Waals surface area contributed by atoms with Gasteiger partial charge in [-0.3, -0.25) is 4.79 Å². The monoisotopic (exact) mass is 393 g/mol. The zero-order valence-electron chi connectivity index (χ0n) is 16.6. The van der Waals surface area contributed by atoms with E-state index >= 15 is 0 Å². The lowest BCUT2D eigenvalue weighted by molar-refractivity contribution is -0.137. The summed E-state index contributed by atoms with van der Waals surface area (Å²) in [7, 11) is 0. The minimum atomic E-state index is -0.858. The fraction of sp³-hybridized carbons (Fsp3) is 0.304. The summed E-state index contributed by atoms with van der Waals surface area (Å²) in [5.41, 5.74) is 3.17. The third-order valence-corrected chi connectivity index (χ3v) is 5.06. The van der Waals surface area contributed by atoms with Gasteiger partial charge in [0.1, 0.15) is 0 Å². The van der Waals surface area contributed by atoms with Gasteiger partial charge in [0.05, 0.1) is 0 Å². The van der Waals surface area contributed by atoms with E-state index in [1.807, 2.05) is 67.7 Å². The van der Waals surface area contributed by atoms with E-state index in [1.54, 1.807) is 4.90 Å². The summed E-state index contributed by atoms with van der Waals surface area (Å²) in [6, 6.07) is 17.4. The van der Waals surface area contributed by atoms with E-state index in [0.29, 0.717) is 25.9 Å². The van der Waals surface area contributed by atoms with Gasteiger partial charge in [0.25, 0.3) is 0 Å². The number of carboxylic acid groups (broad SMARTS) is 1. The van der Waals surface area contributed by atoms with E-state index in [9.17, 15) is 9.59 Å². The van der Waals surface area contributed by atoms with Crippen molar-refractivity contribution in [3.63, 3.8) is 0 Å². The highest BCUT2D eigenvalue weighted by atomic mass is 16.4. The zero-order chi connectivity index (χ0) is 20.6. The molecule has 0 saturated heterocycles. The number of urea groups is 1. The maximum Gasteiger partial charge on any atom is 0.317 e. The Kier molecular flexibility index (Phi) is 6.89. The van der Waals surface area contributed by atoms with Crippen LogP contribution in [0.1, 0.15) is 30.9 Å². The van der Waals surface area contributed by atoms with Crippen molar-refractivity contribution in [3.8, 4) is 0 Å². The van der Waals surface area contributed by atoms with Crippen LogP contribution in [0.15, 0.2) is 60.8 Å². The van der Waals surface area contributed by atoms with Gasteiger partial charge in [-0.1, -0.05) is 48.5 Å². The summed E-state index contributed by atoms with van der Waals surface area (Å²) in [6.45, 7) is 2.99. The number of hydrogen-bond donors (Lipinski definition) is 3. The van der Waals surface area contributed by atoms with Crippen LogP contribution in [0, 0.1) is 0 Å². The van der Waals surface area contributed by atoms with E-state index in [1.165, 1.54) is 0 Å². The van der Waals surface area contributed by atoms with Crippen LogP contribution in [-0.2, 0) is 17.8 Å². The van der Waals surface area contributed by atoms with E-state index in [4.69, 9.17) is 5.11 Å². The Morgan fingerprint density at radius 3 is 2.55 bits per heavy atom. The van der Waals surface area contributed by atoms with Crippen LogP contribution < -0.4 is 5.32 Å². The topological polar surface area (TPSA) is 85.4 Å². The van der Waals surface area contributed by atoms with Gasteiger partial charge < -0.3 is 20.3 Å². The maximum absolute atomic E-state index is 12.9. The second-order valence-electron chi connectivity index (χ2n) is 7.14. The molecule has 0 aliphatic carbocycles. The Morgan fingerprint density at radius 1 is 1.10 bits per heavy atom. The Morgan fingerprint density at radius 2 is 1.83 bits per heavy atom. The molecule has 0 radical (unpaired) electrons. The molecule has 3 N–H and O–H groups in total. The Bertz CT molecular complexity index is 952. The smallest absolute Gasteiger partial charge is 0.317 e. The van der Waals surface area contributed by atoms with Crippen molar-refractivity contribution < 1.29 is 14.7 Å². The molecule has 2 aromatic carbocycles. The third-order valence-electron chi connectivity index (χ3n) is 5.06. The average Bonchev–Trinajstić information content (AvgIpc) is 3.13. The number of nitrogens with one attached hydrogen (secondary N) is 2. The van der Waals surface area contributed by atoms with Crippen molar-refractivity contribution in [2.75, 3.05) is 6.54 Å². The molecule has 0 aliphatic heterocycles. The third kappa shape index (κ3) is 5.60. The Labute approximate surface area is 170 Å². The molecule has 0 saturated carbocycles. The van der Waals surface area contributed by atoms with Crippen LogP contribution >= 0.6 is 0 Å². The number of para-hydroxylation sites is 1. The van der Waals surface area contributed by atoms with Gasteiger partial charge in [-0.05, 0) is 37.0 Å². The number of H-pyrrole nitrogens is 1. The molecule has 29 heavy (non-hydrogen) atoms. The van der Waals surface area contributed by atoms with Crippen LogP contribution in [0.4, 0.5) is 4.79 Å². The molecule has 0 fully saturated rings. The number of fused-ring (bicyclic) bond motifs is 1. The quantitative estimate of drug-likeness (QED) is 0.510. The summed E-state index contributed by atoms with van der Waals surface area (Å²) in [5, 5.41) is 13.2. The SMILES string of the molecule is CCN(Cc1c[nH]c2ccccc12)C(=O)NC(CCC(=O)O)Cc1ccccc1. The first-order valence-electron chi connectivity index (χ1n) is 9.93. The number of nitrogens with zero attached hydrogens (tertiary/aromatic N) is 1. The van der Waals surface area contributed by atoms with E-state index in [2.05, 4.69) is 10.3 Å². The molecule has 3 rings (SSSR count). The van der Waals surface area contributed by atoms with Crippen LogP contribution in [-0.4, -0.2) is 39.6 Å². The average molecular weight is 393 g/mol. The number of benzene rings is 2. The first-order chi connectivity index (χ1) is 14.1. The number of amides is 2. The van der Waals surface area contributed by atoms with Crippen LogP contribution in [0.2, 0.25) is 0 Å². The molecule has 3 aromatic rings. The lowest BCUT2D eigenvalue weighted by atomic mass is 10.0. The fourth-order valence-electron chi connectivity index (χ4n) is 3.48. The molecule has 1 unspecified atom stereocenters. The second kappa shape index (κ2) is 9.78. The number of rotatable bonds is 9. The van der Waals surface area contributed by atoms with Crippen molar-refractivity contribution in [3.05, 3.63) is 71.9 Å². The Balaban J connectivity index is 1.69. The summed E-state index contributed by atoms with van der Waals surface area (Å²) in [5.74, 6) is -0.858. The maximum atomic E-state index is 12.9. The highest BCUT2D eigenvalue weighted by Crippen LogP contribution is 2.19. The number of carboxylic acids is 1. The van der Waals surface area contributed by atoms with Crippen molar-refractivity contribution in [2.24, 2.45) is 0 Å². The number of carbonyl (C=O) groups is 2. The van der Waals surface area contributed by atoms with Gasteiger partial charge >= 0.3 is 12.0 Å². The lowest BCUT2D eigenvalue weighted by Crippen LogP contribution is -2.45. The van der Waals surface area contributed by atoms with E-state index < -0.39 is 5.97 Å². The summed E-state index contributed by atoms with van der Waals surface area (Å²) >= 11 is 0. The molecule has 0 aliphatic rings. The molecular formula is C23H27N3O3. The summed E-state index contributed by atoms with van der Waals surface area (Å²) in [4.78, 5) is 29.0. The van der Waals surface area contributed by atoms with Gasteiger partial charge in [0, 0.05) is 42.7 Å². The highest BCUT2D eigenvalue weighted by Gasteiger charge is 2.19. The number of aromatic nitrogens is 1. The van der Waals surface area contributed by atoms with Crippen LogP contribution in [0.25, 0.3) is 10.9 Å². The minimum Gasteiger partial charge on any atom is -0.481 e. The van der Waals surface area contributed by atoms with Crippen LogP contribution in [0.5, 0.6) is 0 Å². The molecule has 6 heteroatoms. The van der Waals surface area contributed by atoms with Gasteiger partial charge in [-0.2, -0.15) is 0 Å². The largest absolute Gasteiger partial charge is 0.481 e. The van der Waals surface area contributed by atoms with Gasteiger partial charge in [0.15, 0.2) is 0 Å². The molecule has 1 atom stereocenters. The molecule has 0 bridgehead atoms. The molecule has 2 amide bonds. The first kappa shape index (κ1) is 20.5. The highest BCUT2D eigenvalue weighted by molar-refractivity contribution is 5.83. The molecule has 6 nitrogen and oxygen atoms in total. The van der Waals surface area contributed by atoms with E-state index in [-0.39, 0.29) is 18.5 Å². The van der Waals surface area contributed by atoms with Gasteiger partial charge in [-0.25, -0.2) is 4.79 Å². The number of aliphatic carboxylic acids is 1. The fourth-order valence-corrected chi connectivity index (χ4v) is 3.48. The predicted octanol–water partition coefficient (Wildman–Crippen LogP) is 4.18. The standard InChI is InChI=1S/C23H27N3O3/c1-2-26(16-18-15-24-21-11-7-6-10-20(18)21)23(29)25-19(12-13-22(27)28)14-17-8-4-3-5-9-17/h3-11,15,19,24H,2,12-14,16H2,1H3,(H,25,29)(H,27,28). The Hall–Kier alpha value is -3.28. The zero-order valence-corrected chi connectivity index (χ0v) is 16.6. The lowest BCUT2D eigenvalue weighted by Gasteiger charge is -2.25. The normalized spacial score (nSPS) is 11.9. The number of aromatic amines is 1. The molecular weight excluding hydrogens is 366 g/mol. The van der Waals surface area contributed by atoms with Crippen molar-refractivity contribution >= 4 is 22.9 Å². The molecule has 1 aromatic heterocycles. The van der Waals surface area contributed by atoms with Crippen molar-refractivity contribution in [1.82, 2.24) is 15.2 Å². The number of hydrogen-bond acceptors (Lipinski definition) is 2. The van der Waals surface area contributed by atoms with E-state index in [0.717, 1.165) is 22.0 Å². The summed E-state index contributed by atoms with van der Waals surface area (Å²) in [6.07, 6.45) is 2.95. The number of carbonyl (C=O) groups excluding carboxylic acids is 1. The van der Waals surface area contributed by atoms with Crippen molar-refractivity contribution in [1.29, 1.82) is 0 Å². The van der Waals surface area contributed by atoms with Crippen molar-refractivity contribution in [2.45, 2.75) is 38.8 Å². The predicted molar refractivity (Wildman–Crippen MR) is 114 cm³/mol. The minimum absolute atomic E-state index is 0.0202. The van der Waals surface area contributed by atoms with Gasteiger partial charge in [0.2, 0.25) is 0 Å². The first-order valence-corrected chi connectivity index (χ1v) is 9.93. The molecule has 152 valence electrons. The van der Waals surface area contributed by atoms with Crippen LogP contribution in [0.3, 0.4) is 0 Å². The molecule has 0 spiro atoms. The van der Waals surface area contributed by atoms with Gasteiger partial charge in [-0.15, -0.1) is 0 Å². The molecule has 1 heterocycles. The second-order valence-corrected chi connectivity index (χ2v) is 7.14.